The number of benzene rings is 1. The van der Waals surface area contributed by atoms with Crippen molar-refractivity contribution in [3.63, 3.8) is 0 Å². The summed E-state index contributed by atoms with van der Waals surface area (Å²) in [6.45, 7) is 0. The normalized spacial score (nSPS) is 11.6. The molecule has 20 heavy (non-hydrogen) atoms. The summed E-state index contributed by atoms with van der Waals surface area (Å²) in [4.78, 5) is 30.7. The minimum absolute atomic E-state index is 0.0896. The Kier molecular flexibility index (Phi) is 4.39. The van der Waals surface area contributed by atoms with Crippen molar-refractivity contribution >= 4 is 11.9 Å². The number of carboxylic acid groups (broad SMARTS) is 1. The summed E-state index contributed by atoms with van der Waals surface area (Å²) in [5.74, 6) is -1.65. The summed E-state index contributed by atoms with van der Waals surface area (Å²) in [6.07, 6.45) is 4.32. The first-order valence-corrected chi connectivity index (χ1v) is 6.00. The minimum atomic E-state index is -1.09. The van der Waals surface area contributed by atoms with Crippen LogP contribution in [-0.4, -0.2) is 33.0 Å². The molecular weight excluding hydrogens is 258 g/mol. The third-order valence-corrected chi connectivity index (χ3v) is 2.68. The molecule has 1 amide bonds. The first kappa shape index (κ1) is 13.7. The average Bonchev–Trinajstić information content (AvgIpc) is 2.48. The lowest BCUT2D eigenvalue weighted by molar-refractivity contribution is -0.139. The molecule has 102 valence electrons. The Balaban J connectivity index is 2.07. The lowest BCUT2D eigenvalue weighted by Crippen LogP contribution is -2.42. The number of rotatable bonds is 5. The SMILES string of the molecule is O=C(NC(Cc1ccccc1)C(=O)O)c1cnccn1. The second-order valence-corrected chi connectivity index (χ2v) is 4.14. The molecule has 0 fully saturated rings. The summed E-state index contributed by atoms with van der Waals surface area (Å²) < 4.78 is 0. The van der Waals surface area contributed by atoms with Gasteiger partial charge in [-0.15, -0.1) is 0 Å². The fourth-order valence-electron chi connectivity index (χ4n) is 1.70. The average molecular weight is 271 g/mol. The van der Waals surface area contributed by atoms with Gasteiger partial charge in [0.1, 0.15) is 11.7 Å². The topological polar surface area (TPSA) is 92.2 Å². The van der Waals surface area contributed by atoms with Crippen molar-refractivity contribution in [1.29, 1.82) is 0 Å². The maximum Gasteiger partial charge on any atom is 0.326 e. The van der Waals surface area contributed by atoms with Gasteiger partial charge in [-0.25, -0.2) is 9.78 Å². The van der Waals surface area contributed by atoms with Crippen LogP contribution in [0.5, 0.6) is 0 Å². The monoisotopic (exact) mass is 271 g/mol. The van der Waals surface area contributed by atoms with Crippen LogP contribution in [-0.2, 0) is 11.2 Å². The van der Waals surface area contributed by atoms with Gasteiger partial charge in [0.25, 0.3) is 5.91 Å². The molecule has 0 aliphatic carbocycles. The highest BCUT2D eigenvalue weighted by molar-refractivity contribution is 5.94. The first-order valence-electron chi connectivity index (χ1n) is 6.00. The number of hydrogen-bond acceptors (Lipinski definition) is 4. The number of nitrogens with one attached hydrogen (secondary N) is 1. The molecule has 1 atom stereocenters. The third-order valence-electron chi connectivity index (χ3n) is 2.68. The molecule has 1 unspecified atom stereocenters. The van der Waals surface area contributed by atoms with E-state index < -0.39 is 17.9 Å². The van der Waals surface area contributed by atoms with Crippen LogP contribution in [0.25, 0.3) is 0 Å². The Morgan fingerprint density at radius 1 is 1.20 bits per heavy atom. The molecule has 0 bridgehead atoms. The zero-order valence-corrected chi connectivity index (χ0v) is 10.6. The van der Waals surface area contributed by atoms with Gasteiger partial charge in [-0.3, -0.25) is 9.78 Å². The third kappa shape index (κ3) is 3.61. The van der Waals surface area contributed by atoms with E-state index in [0.717, 1.165) is 5.56 Å². The number of hydrogen-bond donors (Lipinski definition) is 2. The Labute approximate surface area is 115 Å². The molecule has 2 N–H and O–H groups in total. The van der Waals surface area contributed by atoms with Crippen LogP contribution >= 0.6 is 0 Å². The molecule has 0 aliphatic heterocycles. The number of carboxylic acids is 1. The van der Waals surface area contributed by atoms with Crippen molar-refractivity contribution in [2.24, 2.45) is 0 Å². The van der Waals surface area contributed by atoms with Gasteiger partial charge in [0, 0.05) is 18.8 Å². The number of aliphatic carboxylic acids is 1. The largest absolute Gasteiger partial charge is 0.480 e. The van der Waals surface area contributed by atoms with Gasteiger partial charge in [-0.05, 0) is 5.56 Å². The maximum atomic E-state index is 11.9. The number of amides is 1. The van der Waals surface area contributed by atoms with Crippen LogP contribution in [0.4, 0.5) is 0 Å². The zero-order valence-electron chi connectivity index (χ0n) is 10.6. The van der Waals surface area contributed by atoms with Gasteiger partial charge < -0.3 is 10.4 Å². The summed E-state index contributed by atoms with van der Waals surface area (Å²) in [7, 11) is 0. The maximum absolute atomic E-state index is 11.9. The van der Waals surface area contributed by atoms with E-state index in [1.165, 1.54) is 18.6 Å². The van der Waals surface area contributed by atoms with Crippen molar-refractivity contribution < 1.29 is 14.7 Å². The van der Waals surface area contributed by atoms with Gasteiger partial charge >= 0.3 is 5.97 Å². The minimum Gasteiger partial charge on any atom is -0.480 e. The summed E-state index contributed by atoms with van der Waals surface area (Å²) in [5.41, 5.74) is 0.922. The van der Waals surface area contributed by atoms with E-state index in [4.69, 9.17) is 0 Å². The van der Waals surface area contributed by atoms with Crippen LogP contribution < -0.4 is 5.32 Å². The molecule has 0 spiro atoms. The van der Waals surface area contributed by atoms with E-state index >= 15 is 0 Å². The van der Waals surface area contributed by atoms with E-state index in [9.17, 15) is 14.7 Å². The van der Waals surface area contributed by atoms with E-state index in [2.05, 4.69) is 15.3 Å². The van der Waals surface area contributed by atoms with Crippen LogP contribution in [0.1, 0.15) is 16.1 Å². The van der Waals surface area contributed by atoms with E-state index in [1.54, 1.807) is 0 Å². The zero-order chi connectivity index (χ0) is 14.4. The number of nitrogens with zero attached hydrogens (tertiary/aromatic N) is 2. The molecule has 1 aromatic carbocycles. The van der Waals surface area contributed by atoms with Crippen LogP contribution in [0.15, 0.2) is 48.9 Å². The molecule has 1 aromatic heterocycles. The highest BCUT2D eigenvalue weighted by Crippen LogP contribution is 2.04. The van der Waals surface area contributed by atoms with Gasteiger partial charge in [0.2, 0.25) is 0 Å². The molecule has 2 rings (SSSR count). The van der Waals surface area contributed by atoms with E-state index in [-0.39, 0.29) is 12.1 Å². The molecule has 0 aliphatic rings. The molecule has 0 radical (unpaired) electrons. The van der Waals surface area contributed by atoms with Crippen molar-refractivity contribution in [3.05, 3.63) is 60.2 Å². The van der Waals surface area contributed by atoms with Crippen molar-refractivity contribution in [1.82, 2.24) is 15.3 Å². The van der Waals surface area contributed by atoms with E-state index in [0.29, 0.717) is 0 Å². The van der Waals surface area contributed by atoms with Gasteiger partial charge in [-0.1, -0.05) is 30.3 Å². The Morgan fingerprint density at radius 3 is 2.55 bits per heavy atom. The first-order chi connectivity index (χ1) is 9.66. The fourth-order valence-corrected chi connectivity index (χ4v) is 1.70. The smallest absolute Gasteiger partial charge is 0.326 e. The Morgan fingerprint density at radius 2 is 1.95 bits per heavy atom. The second-order valence-electron chi connectivity index (χ2n) is 4.14. The number of carbonyl (C=O) groups excluding carboxylic acids is 1. The van der Waals surface area contributed by atoms with Crippen molar-refractivity contribution in [2.75, 3.05) is 0 Å². The van der Waals surface area contributed by atoms with Gasteiger partial charge in [-0.2, -0.15) is 0 Å². The Bertz CT molecular complexity index is 587. The lowest BCUT2D eigenvalue weighted by Gasteiger charge is -2.14. The fraction of sp³-hybridized carbons (Fsp3) is 0.143. The standard InChI is InChI=1S/C14H13N3O3/c18-13(12-9-15-6-7-16-12)17-11(14(19)20)8-10-4-2-1-3-5-10/h1-7,9,11H,8H2,(H,17,18)(H,19,20). The van der Waals surface area contributed by atoms with Crippen molar-refractivity contribution in [3.8, 4) is 0 Å². The molecular formula is C14H13N3O3. The quantitative estimate of drug-likeness (QED) is 0.843. The second kappa shape index (κ2) is 6.42. The number of carbonyl (C=O) groups is 2. The van der Waals surface area contributed by atoms with E-state index in [1.807, 2.05) is 30.3 Å². The van der Waals surface area contributed by atoms with Crippen LogP contribution in [0.2, 0.25) is 0 Å². The van der Waals surface area contributed by atoms with Gasteiger partial charge in [0.05, 0.1) is 6.20 Å². The molecule has 1 heterocycles. The highest BCUT2D eigenvalue weighted by Gasteiger charge is 2.21. The van der Waals surface area contributed by atoms with Crippen LogP contribution in [0, 0.1) is 0 Å². The number of aromatic nitrogens is 2. The molecule has 0 saturated carbocycles. The van der Waals surface area contributed by atoms with Crippen LogP contribution in [0.3, 0.4) is 0 Å². The molecule has 0 saturated heterocycles. The summed E-state index contributed by atoms with van der Waals surface area (Å²) in [6, 6.07) is 8.09. The van der Waals surface area contributed by atoms with Gasteiger partial charge in [0.15, 0.2) is 0 Å². The summed E-state index contributed by atoms with van der Waals surface area (Å²) >= 11 is 0. The molecule has 6 heteroatoms. The molecule has 2 aromatic rings. The highest BCUT2D eigenvalue weighted by atomic mass is 16.4. The summed E-state index contributed by atoms with van der Waals surface area (Å²) in [5, 5.41) is 11.6. The Hall–Kier alpha value is -2.76. The predicted molar refractivity (Wildman–Crippen MR) is 71.1 cm³/mol. The molecule has 6 nitrogen and oxygen atoms in total. The predicted octanol–water partition coefficient (Wildman–Crippen LogP) is 0.902. The van der Waals surface area contributed by atoms with Crippen molar-refractivity contribution in [2.45, 2.75) is 12.5 Å². The lowest BCUT2D eigenvalue weighted by atomic mass is 10.1.